The van der Waals surface area contributed by atoms with Crippen molar-refractivity contribution in [1.82, 2.24) is 14.6 Å². The predicted molar refractivity (Wildman–Crippen MR) is 83.4 cm³/mol. The smallest absolute Gasteiger partial charge is 0.210 e. The maximum atomic E-state index is 4.48. The van der Waals surface area contributed by atoms with Gasteiger partial charge in [-0.2, -0.15) is 0 Å². The molecule has 0 fully saturated rings. The normalized spacial score (nSPS) is 11.7. The number of rotatable bonds is 0. The molecule has 0 atom stereocenters. The third-order valence-corrected chi connectivity index (χ3v) is 4.21. The van der Waals surface area contributed by atoms with E-state index in [1.165, 1.54) is 5.39 Å². The lowest BCUT2D eigenvalue weighted by Crippen LogP contribution is -1.93. The van der Waals surface area contributed by atoms with Gasteiger partial charge in [-0.1, -0.05) is 36.4 Å². The molecule has 5 heteroatoms. The van der Waals surface area contributed by atoms with Crippen LogP contribution in [0.15, 0.2) is 51.7 Å². The van der Waals surface area contributed by atoms with E-state index in [2.05, 4.69) is 60.1 Å². The Morgan fingerprint density at radius 3 is 2.42 bits per heavy atom. The molecule has 0 saturated carbocycles. The first kappa shape index (κ1) is 11.4. The third kappa shape index (κ3) is 1.55. The van der Waals surface area contributed by atoms with Gasteiger partial charge in [-0.05, 0) is 43.3 Å². The Morgan fingerprint density at radius 1 is 0.842 bits per heavy atom. The van der Waals surface area contributed by atoms with Gasteiger partial charge in [-0.15, -0.1) is 5.10 Å². The summed E-state index contributed by atoms with van der Waals surface area (Å²) in [4.78, 5) is 4.48. The van der Waals surface area contributed by atoms with Gasteiger partial charge in [0.05, 0.1) is 5.52 Å². The Balaban J connectivity index is 2.47. The van der Waals surface area contributed by atoms with Gasteiger partial charge in [0.2, 0.25) is 4.73 Å². The zero-order valence-corrected chi connectivity index (χ0v) is 12.8. The molecule has 3 nitrogen and oxygen atoms in total. The van der Waals surface area contributed by atoms with Gasteiger partial charge < -0.3 is 0 Å². The van der Waals surface area contributed by atoms with Crippen LogP contribution in [0.2, 0.25) is 0 Å². The van der Waals surface area contributed by atoms with Crippen LogP contribution < -0.4 is 0 Å². The van der Waals surface area contributed by atoms with E-state index < -0.39 is 0 Å². The van der Waals surface area contributed by atoms with Crippen LogP contribution in [0.5, 0.6) is 0 Å². The molecule has 4 rings (SSSR count). The van der Waals surface area contributed by atoms with Crippen LogP contribution in [-0.4, -0.2) is 14.6 Å². The van der Waals surface area contributed by atoms with Gasteiger partial charge in [0.15, 0.2) is 5.65 Å². The fourth-order valence-corrected chi connectivity index (χ4v) is 3.34. The SMILES string of the molecule is Brc1nc2c3ccccc3c3cccc(Br)c3n2n1. The van der Waals surface area contributed by atoms with E-state index in [1.54, 1.807) is 0 Å². The number of para-hydroxylation sites is 1. The quantitative estimate of drug-likeness (QED) is 0.421. The van der Waals surface area contributed by atoms with Crippen molar-refractivity contribution in [3.63, 3.8) is 0 Å². The van der Waals surface area contributed by atoms with Crippen molar-refractivity contribution in [2.45, 2.75) is 0 Å². The molecule has 2 aromatic heterocycles. The molecular formula is C14H7Br2N3. The molecule has 4 aromatic rings. The van der Waals surface area contributed by atoms with Gasteiger partial charge in [0, 0.05) is 15.2 Å². The lowest BCUT2D eigenvalue weighted by Gasteiger charge is -2.07. The first-order valence-electron chi connectivity index (χ1n) is 5.77. The minimum absolute atomic E-state index is 0.598. The van der Waals surface area contributed by atoms with Crippen molar-refractivity contribution < 1.29 is 0 Å². The topological polar surface area (TPSA) is 30.2 Å². The number of pyridine rings is 1. The maximum Gasteiger partial charge on any atom is 0.218 e. The van der Waals surface area contributed by atoms with E-state index in [1.807, 2.05) is 28.8 Å². The number of hydrogen-bond acceptors (Lipinski definition) is 2. The first-order valence-corrected chi connectivity index (χ1v) is 7.35. The van der Waals surface area contributed by atoms with Crippen molar-refractivity contribution in [1.29, 1.82) is 0 Å². The van der Waals surface area contributed by atoms with Crippen LogP contribution in [0.25, 0.3) is 27.3 Å². The summed E-state index contributed by atoms with van der Waals surface area (Å²) in [6, 6.07) is 14.4. The van der Waals surface area contributed by atoms with Crippen molar-refractivity contribution >= 4 is 59.2 Å². The molecule has 19 heavy (non-hydrogen) atoms. The van der Waals surface area contributed by atoms with Crippen LogP contribution in [0.3, 0.4) is 0 Å². The average Bonchev–Trinajstić information content (AvgIpc) is 2.81. The fraction of sp³-hybridized carbons (Fsp3) is 0. The Bertz CT molecular complexity index is 944. The molecule has 2 aromatic carbocycles. The molecule has 0 spiro atoms. The van der Waals surface area contributed by atoms with E-state index in [0.717, 1.165) is 26.4 Å². The van der Waals surface area contributed by atoms with Crippen molar-refractivity contribution in [2.24, 2.45) is 0 Å². The third-order valence-electron chi connectivity index (χ3n) is 3.24. The summed E-state index contributed by atoms with van der Waals surface area (Å²) in [5.74, 6) is 0. The number of nitrogens with zero attached hydrogens (tertiary/aromatic N) is 3. The minimum Gasteiger partial charge on any atom is -0.210 e. The molecule has 2 heterocycles. The first-order chi connectivity index (χ1) is 9.25. The van der Waals surface area contributed by atoms with E-state index >= 15 is 0 Å². The van der Waals surface area contributed by atoms with Crippen LogP contribution in [0, 0.1) is 0 Å². The van der Waals surface area contributed by atoms with E-state index in [9.17, 15) is 0 Å². The van der Waals surface area contributed by atoms with Gasteiger partial charge in [-0.3, -0.25) is 0 Å². The highest BCUT2D eigenvalue weighted by atomic mass is 79.9. The molecule has 0 amide bonds. The summed E-state index contributed by atoms with van der Waals surface area (Å²) < 4.78 is 3.49. The predicted octanol–water partition coefficient (Wildman–Crippen LogP) is 4.56. The second kappa shape index (κ2) is 4.02. The summed E-state index contributed by atoms with van der Waals surface area (Å²) in [6.07, 6.45) is 0. The van der Waals surface area contributed by atoms with Gasteiger partial charge in [0.1, 0.15) is 0 Å². The second-order valence-corrected chi connectivity index (χ2v) is 5.86. The van der Waals surface area contributed by atoms with E-state index in [-0.39, 0.29) is 0 Å². The average molecular weight is 377 g/mol. The Kier molecular flexibility index (Phi) is 2.40. The Morgan fingerprint density at radius 2 is 1.58 bits per heavy atom. The Hall–Kier alpha value is -1.46. The van der Waals surface area contributed by atoms with E-state index in [0.29, 0.717) is 4.73 Å². The van der Waals surface area contributed by atoms with Crippen molar-refractivity contribution in [3.8, 4) is 0 Å². The number of halogens is 2. The van der Waals surface area contributed by atoms with Crippen LogP contribution in [-0.2, 0) is 0 Å². The van der Waals surface area contributed by atoms with Gasteiger partial charge >= 0.3 is 0 Å². The monoisotopic (exact) mass is 375 g/mol. The Labute approximate surface area is 125 Å². The van der Waals surface area contributed by atoms with Gasteiger partial charge in [-0.25, -0.2) is 9.50 Å². The molecule has 0 radical (unpaired) electrons. The van der Waals surface area contributed by atoms with E-state index in [4.69, 9.17) is 0 Å². The standard InChI is InChI=1S/C14H7Br2N3/c15-11-7-3-6-9-8-4-1-2-5-10(8)13-17-14(16)18-19(13)12(9)11/h1-7H. The molecule has 92 valence electrons. The van der Waals surface area contributed by atoms with Crippen molar-refractivity contribution in [3.05, 3.63) is 51.7 Å². The lowest BCUT2D eigenvalue weighted by atomic mass is 10.1. The molecule has 0 saturated heterocycles. The molecule has 0 bridgehead atoms. The molecule has 0 unspecified atom stereocenters. The molecular weight excluding hydrogens is 370 g/mol. The summed E-state index contributed by atoms with van der Waals surface area (Å²) in [5, 5.41) is 7.90. The highest BCUT2D eigenvalue weighted by Crippen LogP contribution is 2.32. The van der Waals surface area contributed by atoms with Gasteiger partial charge in [0.25, 0.3) is 0 Å². The van der Waals surface area contributed by atoms with Crippen LogP contribution >= 0.6 is 31.9 Å². The highest BCUT2D eigenvalue weighted by molar-refractivity contribution is 9.10. The zero-order chi connectivity index (χ0) is 13.0. The molecule has 0 N–H and O–H groups in total. The van der Waals surface area contributed by atoms with Crippen molar-refractivity contribution in [2.75, 3.05) is 0 Å². The largest absolute Gasteiger partial charge is 0.218 e. The second-order valence-electron chi connectivity index (χ2n) is 4.30. The van der Waals surface area contributed by atoms with Crippen LogP contribution in [0.4, 0.5) is 0 Å². The summed E-state index contributed by atoms with van der Waals surface area (Å²) in [7, 11) is 0. The summed E-state index contributed by atoms with van der Waals surface area (Å²) >= 11 is 6.97. The fourth-order valence-electron chi connectivity index (χ4n) is 2.48. The lowest BCUT2D eigenvalue weighted by molar-refractivity contribution is 0.986. The zero-order valence-electron chi connectivity index (χ0n) is 9.64. The molecule has 0 aliphatic rings. The minimum atomic E-state index is 0.598. The number of fused-ring (bicyclic) bond motifs is 6. The number of aromatic nitrogens is 3. The maximum absolute atomic E-state index is 4.48. The summed E-state index contributed by atoms with van der Waals surface area (Å²) in [6.45, 7) is 0. The van der Waals surface area contributed by atoms with Crippen LogP contribution in [0.1, 0.15) is 0 Å². The highest BCUT2D eigenvalue weighted by Gasteiger charge is 2.13. The number of hydrogen-bond donors (Lipinski definition) is 0. The number of benzene rings is 2. The summed E-state index contributed by atoms with van der Waals surface area (Å²) in [5.41, 5.74) is 1.90. The molecule has 0 aliphatic carbocycles. The molecule has 0 aliphatic heterocycles.